The summed E-state index contributed by atoms with van der Waals surface area (Å²) in [6.07, 6.45) is 8.05. The molecule has 0 aliphatic heterocycles. The number of aromatic nitrogens is 4. The summed E-state index contributed by atoms with van der Waals surface area (Å²) in [5.41, 5.74) is 1.27. The number of amides is 1. The summed E-state index contributed by atoms with van der Waals surface area (Å²) in [6.45, 7) is 18.0. The predicted molar refractivity (Wildman–Crippen MR) is 162 cm³/mol. The zero-order valence-corrected chi connectivity index (χ0v) is 27.7. The van der Waals surface area contributed by atoms with Crippen LogP contribution in [-0.2, 0) is 26.2 Å². The molecule has 5 aliphatic carbocycles. The van der Waals surface area contributed by atoms with Crippen LogP contribution in [0.5, 0.6) is 0 Å². The minimum absolute atomic E-state index is 0.0308. The first kappa shape index (κ1) is 30.4. The number of ketones is 1. The highest BCUT2D eigenvalue weighted by molar-refractivity contribution is 6.09. The summed E-state index contributed by atoms with van der Waals surface area (Å²) in [5, 5.41) is 14.6. The van der Waals surface area contributed by atoms with E-state index in [9.17, 15) is 14.4 Å². The maximum atomic E-state index is 14.3. The van der Waals surface area contributed by atoms with Gasteiger partial charge in [-0.1, -0.05) is 53.6 Å². The lowest BCUT2D eigenvalue weighted by atomic mass is 9.33. The monoisotopic (exact) mass is 593 g/mol. The van der Waals surface area contributed by atoms with Crippen molar-refractivity contribution in [1.82, 2.24) is 20.2 Å². The molecule has 0 bridgehead atoms. The molecule has 6 rings (SSSR count). The average Bonchev–Trinajstić information content (AvgIpc) is 3.46. The van der Waals surface area contributed by atoms with Crippen molar-refractivity contribution >= 4 is 23.6 Å². The lowest BCUT2D eigenvalue weighted by molar-refractivity contribution is -0.232. The van der Waals surface area contributed by atoms with E-state index in [1.165, 1.54) is 11.6 Å². The van der Waals surface area contributed by atoms with Gasteiger partial charge in [-0.2, -0.15) is 0 Å². The quantitative estimate of drug-likeness (QED) is 0.422. The van der Waals surface area contributed by atoms with Crippen LogP contribution in [0.3, 0.4) is 0 Å². The van der Waals surface area contributed by atoms with Crippen LogP contribution in [0.2, 0.25) is 0 Å². The molecule has 5 aliphatic rings. The molecule has 0 saturated heterocycles. The first-order valence-electron chi connectivity index (χ1n) is 16.5. The van der Waals surface area contributed by atoms with E-state index in [0.29, 0.717) is 24.2 Å². The van der Waals surface area contributed by atoms with Crippen LogP contribution in [0.4, 0.5) is 5.95 Å². The van der Waals surface area contributed by atoms with E-state index in [2.05, 4.69) is 69.3 Å². The van der Waals surface area contributed by atoms with Crippen LogP contribution in [0.25, 0.3) is 0 Å². The number of anilines is 1. The number of nitrogens with one attached hydrogen (secondary N) is 1. The van der Waals surface area contributed by atoms with E-state index in [1.54, 1.807) is 7.05 Å². The number of fused-ring (bicyclic) bond motifs is 7. The molecule has 0 radical (unpaired) electrons. The number of aryl methyl sites for hydroxylation is 1. The van der Waals surface area contributed by atoms with E-state index >= 15 is 0 Å². The highest BCUT2D eigenvalue weighted by Gasteiger charge is 2.71. The van der Waals surface area contributed by atoms with Gasteiger partial charge in [0, 0.05) is 25.8 Å². The molecule has 0 aromatic carbocycles. The van der Waals surface area contributed by atoms with Gasteiger partial charge < -0.3 is 4.74 Å². The summed E-state index contributed by atoms with van der Waals surface area (Å²) in [4.78, 5) is 40.0. The van der Waals surface area contributed by atoms with Crippen molar-refractivity contribution in [3.63, 3.8) is 0 Å². The summed E-state index contributed by atoms with van der Waals surface area (Å²) in [6, 6.07) is 0. The van der Waals surface area contributed by atoms with Gasteiger partial charge in [0.15, 0.2) is 5.78 Å². The molecule has 4 fully saturated rings. The number of hydrogen-bond donors (Lipinski definition) is 1. The number of carbonyl (C=O) groups excluding carboxylic acids is 3. The molecule has 0 unspecified atom stereocenters. The Morgan fingerprint density at radius 3 is 2.30 bits per heavy atom. The second kappa shape index (κ2) is 9.71. The fraction of sp³-hybridized carbons (Fsp3) is 0.824. The maximum Gasteiger partial charge on any atom is 0.302 e. The summed E-state index contributed by atoms with van der Waals surface area (Å²) < 4.78 is 7.37. The van der Waals surface area contributed by atoms with Crippen molar-refractivity contribution < 1.29 is 19.1 Å². The van der Waals surface area contributed by atoms with Crippen molar-refractivity contribution in [3.05, 3.63) is 11.1 Å². The fourth-order valence-electron chi connectivity index (χ4n) is 11.8. The SMILES string of the molecule is CC(=O)O[C@H]1CC[C@]2(C)[C@H]3CC[C@@H]4C5=C(C(C)C)C(=O)C[C@]5(C(=O)Nc5nnnn5C)CC[C@@]4(C)[C@]3(C)CC[C@H]2C1(C)C. The topological polar surface area (TPSA) is 116 Å². The Bertz CT molecular complexity index is 1400. The molecule has 43 heavy (non-hydrogen) atoms. The van der Waals surface area contributed by atoms with Crippen LogP contribution in [-0.4, -0.2) is 44.0 Å². The third-order valence-electron chi connectivity index (χ3n) is 14.0. The van der Waals surface area contributed by atoms with Crippen LogP contribution in [0.1, 0.15) is 113 Å². The van der Waals surface area contributed by atoms with Crippen LogP contribution in [0, 0.1) is 50.7 Å². The molecule has 236 valence electrons. The van der Waals surface area contributed by atoms with Crippen molar-refractivity contribution in [3.8, 4) is 0 Å². The normalized spacial score (nSPS) is 41.7. The van der Waals surface area contributed by atoms with Gasteiger partial charge in [0.05, 0.1) is 5.41 Å². The smallest absolute Gasteiger partial charge is 0.302 e. The predicted octanol–water partition coefficient (Wildman–Crippen LogP) is 6.06. The summed E-state index contributed by atoms with van der Waals surface area (Å²) in [5.74, 6) is 1.38. The van der Waals surface area contributed by atoms with Crippen molar-refractivity contribution in [2.75, 3.05) is 5.32 Å². The molecule has 0 spiro atoms. The second-order valence-corrected chi connectivity index (χ2v) is 16.3. The summed E-state index contributed by atoms with van der Waals surface area (Å²) >= 11 is 0. The number of rotatable bonds is 4. The third kappa shape index (κ3) is 4.00. The standard InChI is InChI=1S/C34H51N5O4/c1-19(2)26-22(41)18-34(28(42)35-29-36-37-38-39(29)9)17-16-32(7)21(27(26)34)10-11-24-31(6)14-13-25(43-20(3)40)30(4,5)23(31)12-15-33(24,32)8/h19,21,23-25H,10-18H2,1-9H3,(H,35,36,38,42)/t21-,23+,24-,25+,31+,32-,33-,34-/m1/s1. The maximum absolute atomic E-state index is 14.3. The number of ether oxygens (including phenoxy) is 1. The molecule has 4 saturated carbocycles. The van der Waals surface area contributed by atoms with E-state index in [4.69, 9.17) is 4.74 Å². The number of tetrazole rings is 1. The Morgan fingerprint density at radius 1 is 0.953 bits per heavy atom. The molecule has 9 heteroatoms. The zero-order chi connectivity index (χ0) is 31.3. The molecule has 1 heterocycles. The molecule has 1 aromatic heterocycles. The molecule has 1 amide bonds. The number of Topliss-reactive ketones (excluding diaryl/α,β-unsaturated/α-hetero) is 1. The van der Waals surface area contributed by atoms with E-state index in [0.717, 1.165) is 56.1 Å². The lowest BCUT2D eigenvalue weighted by Gasteiger charge is -2.72. The van der Waals surface area contributed by atoms with Crippen molar-refractivity contribution in [2.24, 2.45) is 57.8 Å². The van der Waals surface area contributed by atoms with Gasteiger partial charge in [-0.15, -0.1) is 0 Å². The van der Waals surface area contributed by atoms with E-state index < -0.39 is 5.41 Å². The van der Waals surface area contributed by atoms with Crippen LogP contribution < -0.4 is 5.32 Å². The van der Waals surface area contributed by atoms with Gasteiger partial charge in [0.2, 0.25) is 11.9 Å². The number of esters is 1. The third-order valence-corrected chi connectivity index (χ3v) is 14.0. The molecule has 1 aromatic rings. The van der Waals surface area contributed by atoms with Gasteiger partial charge in [0.1, 0.15) is 6.10 Å². The zero-order valence-electron chi connectivity index (χ0n) is 27.7. The van der Waals surface area contributed by atoms with Crippen LogP contribution >= 0.6 is 0 Å². The molecule has 9 nitrogen and oxygen atoms in total. The Morgan fingerprint density at radius 2 is 1.67 bits per heavy atom. The Balaban J connectivity index is 1.39. The highest BCUT2D eigenvalue weighted by Crippen LogP contribution is 2.76. The summed E-state index contributed by atoms with van der Waals surface area (Å²) in [7, 11) is 1.71. The number of nitrogens with zero attached hydrogens (tertiary/aromatic N) is 4. The number of carbonyl (C=O) groups is 3. The van der Waals surface area contributed by atoms with Crippen LogP contribution in [0.15, 0.2) is 11.1 Å². The van der Waals surface area contributed by atoms with Crippen molar-refractivity contribution in [1.29, 1.82) is 0 Å². The Labute approximate surface area is 256 Å². The highest BCUT2D eigenvalue weighted by atomic mass is 16.5. The van der Waals surface area contributed by atoms with Gasteiger partial charge in [-0.3, -0.25) is 19.7 Å². The molecule has 8 atom stereocenters. The minimum Gasteiger partial charge on any atom is -0.462 e. The lowest BCUT2D eigenvalue weighted by Crippen LogP contribution is -2.66. The molecular formula is C34H51N5O4. The van der Waals surface area contributed by atoms with Gasteiger partial charge >= 0.3 is 5.97 Å². The Kier molecular flexibility index (Phi) is 6.87. The number of allylic oxidation sites excluding steroid dienone is 1. The Hall–Kier alpha value is -2.58. The first-order chi connectivity index (χ1) is 20.0. The van der Waals surface area contributed by atoms with Gasteiger partial charge in [-0.05, 0) is 113 Å². The number of hydrogen-bond acceptors (Lipinski definition) is 7. The largest absolute Gasteiger partial charge is 0.462 e. The molecule has 1 N–H and O–H groups in total. The minimum atomic E-state index is -0.846. The van der Waals surface area contributed by atoms with E-state index in [1.807, 2.05) is 0 Å². The second-order valence-electron chi connectivity index (χ2n) is 16.3. The van der Waals surface area contributed by atoms with Gasteiger partial charge in [-0.25, -0.2) is 4.68 Å². The van der Waals surface area contributed by atoms with Gasteiger partial charge in [0.25, 0.3) is 0 Å². The first-order valence-corrected chi connectivity index (χ1v) is 16.5. The van der Waals surface area contributed by atoms with Crippen molar-refractivity contribution in [2.45, 2.75) is 119 Å². The molecular weight excluding hydrogens is 542 g/mol. The average molecular weight is 594 g/mol. The van der Waals surface area contributed by atoms with E-state index in [-0.39, 0.29) is 63.7 Å². The fourth-order valence-corrected chi connectivity index (χ4v) is 11.8.